The van der Waals surface area contributed by atoms with E-state index in [9.17, 15) is 4.79 Å². The predicted octanol–water partition coefficient (Wildman–Crippen LogP) is 2.32. The molecule has 2 heterocycles. The predicted molar refractivity (Wildman–Crippen MR) is 107 cm³/mol. The van der Waals surface area contributed by atoms with Gasteiger partial charge in [-0.1, -0.05) is 35.9 Å². The number of pyridine rings is 1. The van der Waals surface area contributed by atoms with Crippen LogP contribution in [0.25, 0.3) is 16.9 Å². The van der Waals surface area contributed by atoms with Crippen molar-refractivity contribution < 1.29 is 24.0 Å². The van der Waals surface area contributed by atoms with Gasteiger partial charge in [0.2, 0.25) is 5.91 Å². The highest BCUT2D eigenvalue weighted by molar-refractivity contribution is 7.45. The molecule has 0 unspecified atom stereocenters. The summed E-state index contributed by atoms with van der Waals surface area (Å²) in [7, 11) is -1.08. The fourth-order valence-electron chi connectivity index (χ4n) is 2.61. The van der Waals surface area contributed by atoms with Crippen LogP contribution in [-0.2, 0) is 15.8 Å². The molecule has 9 heteroatoms. The zero-order valence-electron chi connectivity index (χ0n) is 16.2. The quantitative estimate of drug-likeness (QED) is 0.576. The number of carbonyl (C=O) groups is 1. The molecule has 0 aliphatic heterocycles. The second-order valence-corrected chi connectivity index (χ2v) is 7.71. The summed E-state index contributed by atoms with van der Waals surface area (Å²) in [6, 6.07) is 12.3. The van der Waals surface area contributed by atoms with Crippen molar-refractivity contribution in [1.29, 1.82) is 0 Å². The first kappa shape index (κ1) is 21.8. The number of rotatable bonds is 3. The molecule has 2 aromatic heterocycles. The number of hydrogen-bond donors (Lipinski definition) is 3. The van der Waals surface area contributed by atoms with Gasteiger partial charge in [-0.15, -0.1) is 0 Å². The molecule has 0 aliphatic carbocycles. The molecular weight excluding hydrogens is 381 g/mol. The van der Waals surface area contributed by atoms with Crippen LogP contribution in [0, 0.1) is 13.8 Å². The first-order chi connectivity index (χ1) is 13.0. The Morgan fingerprint density at radius 2 is 1.57 bits per heavy atom. The normalized spacial score (nSPS) is 11.1. The minimum Gasteiger partial charge on any atom is -0.348 e. The molecule has 0 saturated heterocycles. The lowest BCUT2D eigenvalue weighted by Gasteiger charge is -2.11. The topological polar surface area (TPSA) is 115 Å². The zero-order chi connectivity index (χ0) is 21.1. The Bertz CT molecular complexity index is 1010. The maximum Gasteiger partial charge on any atom is 0.466 e. The Morgan fingerprint density at radius 3 is 2.11 bits per heavy atom. The first-order valence-corrected chi connectivity index (χ1v) is 10.1. The molecule has 8 nitrogen and oxygen atoms in total. The van der Waals surface area contributed by atoms with E-state index in [1.54, 1.807) is 19.0 Å². The molecule has 1 aromatic carbocycles. The number of aromatic nitrogens is 2. The largest absolute Gasteiger partial charge is 0.466 e. The lowest BCUT2D eigenvalue weighted by atomic mass is 10.1. The van der Waals surface area contributed by atoms with Gasteiger partial charge in [0.25, 0.3) is 0 Å². The first-order valence-electron chi connectivity index (χ1n) is 8.49. The molecule has 0 spiro atoms. The molecule has 28 heavy (non-hydrogen) atoms. The number of fused-ring (bicyclic) bond motifs is 1. The van der Waals surface area contributed by atoms with E-state index in [2.05, 4.69) is 31.2 Å². The van der Waals surface area contributed by atoms with Crippen molar-refractivity contribution >= 4 is 19.4 Å². The maximum absolute atomic E-state index is 12.3. The van der Waals surface area contributed by atoms with Crippen LogP contribution in [0.1, 0.15) is 16.8 Å². The van der Waals surface area contributed by atoms with Gasteiger partial charge in [-0.2, -0.15) is 0 Å². The van der Waals surface area contributed by atoms with Crippen LogP contribution in [-0.4, -0.2) is 49.0 Å². The summed E-state index contributed by atoms with van der Waals surface area (Å²) in [5, 5.41) is 0. The molecule has 0 bridgehead atoms. The second kappa shape index (κ2) is 8.67. The van der Waals surface area contributed by atoms with Crippen molar-refractivity contribution in [2.45, 2.75) is 20.3 Å². The number of aryl methyl sites for hydroxylation is 2. The number of carbonyl (C=O) groups excluding carboxylic acids is 1. The van der Waals surface area contributed by atoms with Crippen LogP contribution >= 0.6 is 7.82 Å². The van der Waals surface area contributed by atoms with Gasteiger partial charge in [-0.25, -0.2) is 9.55 Å². The van der Waals surface area contributed by atoms with Crippen molar-refractivity contribution in [1.82, 2.24) is 14.3 Å². The summed E-state index contributed by atoms with van der Waals surface area (Å²) < 4.78 is 10.9. The van der Waals surface area contributed by atoms with Gasteiger partial charge in [0, 0.05) is 25.9 Å². The third kappa shape index (κ3) is 6.00. The number of imidazole rings is 1. The van der Waals surface area contributed by atoms with Crippen molar-refractivity contribution in [3.8, 4) is 11.3 Å². The lowest BCUT2D eigenvalue weighted by molar-refractivity contribution is -0.128. The summed E-state index contributed by atoms with van der Waals surface area (Å²) in [4.78, 5) is 40.2. The van der Waals surface area contributed by atoms with Crippen LogP contribution < -0.4 is 0 Å². The van der Waals surface area contributed by atoms with Crippen LogP contribution in [0.4, 0.5) is 0 Å². The average Bonchev–Trinajstić information content (AvgIpc) is 2.92. The molecular formula is C19H24N3O5P. The number of hydrogen-bond acceptors (Lipinski definition) is 3. The van der Waals surface area contributed by atoms with E-state index in [1.165, 1.54) is 5.56 Å². The Hall–Kier alpha value is -2.51. The molecule has 3 rings (SSSR count). The fraction of sp³-hybridized carbons (Fsp3) is 0.263. The molecule has 0 fully saturated rings. The molecule has 0 saturated carbocycles. The standard InChI is InChI=1S/C19H21N3O.H3O4P/c1-13-5-8-15(9-6-13)19-16(11-18(23)21(3)4)22-12-14(2)7-10-17(22)20-19;1-5(2,3)4/h5-10,12H,11H2,1-4H3;(H3,1,2,3,4). The Kier molecular flexibility index (Phi) is 6.74. The van der Waals surface area contributed by atoms with Crippen molar-refractivity contribution in [2.24, 2.45) is 0 Å². The van der Waals surface area contributed by atoms with Crippen LogP contribution in [0.15, 0.2) is 42.6 Å². The third-order valence-corrected chi connectivity index (χ3v) is 4.01. The number of amides is 1. The number of nitrogens with zero attached hydrogens (tertiary/aromatic N) is 3. The number of likely N-dealkylation sites (N-methyl/N-ethyl adjacent to an activating group) is 1. The van der Waals surface area contributed by atoms with E-state index in [-0.39, 0.29) is 5.91 Å². The van der Waals surface area contributed by atoms with E-state index in [0.717, 1.165) is 28.2 Å². The zero-order valence-corrected chi connectivity index (χ0v) is 17.1. The van der Waals surface area contributed by atoms with E-state index in [4.69, 9.17) is 24.2 Å². The SMILES string of the molecule is Cc1ccc(-c2nc3ccc(C)cn3c2CC(=O)N(C)C)cc1.O=P(O)(O)O. The van der Waals surface area contributed by atoms with E-state index < -0.39 is 7.82 Å². The van der Waals surface area contributed by atoms with Crippen molar-refractivity contribution in [3.05, 3.63) is 59.4 Å². The van der Waals surface area contributed by atoms with E-state index >= 15 is 0 Å². The maximum atomic E-state index is 12.3. The minimum atomic E-state index is -4.64. The van der Waals surface area contributed by atoms with Gasteiger partial charge in [0.1, 0.15) is 5.65 Å². The fourth-order valence-corrected chi connectivity index (χ4v) is 2.61. The summed E-state index contributed by atoms with van der Waals surface area (Å²) in [5.74, 6) is 0.0710. The molecule has 0 aliphatic rings. The Morgan fingerprint density at radius 1 is 1.04 bits per heavy atom. The monoisotopic (exact) mass is 405 g/mol. The molecule has 0 radical (unpaired) electrons. The highest BCUT2D eigenvalue weighted by Gasteiger charge is 2.18. The molecule has 1 amide bonds. The van der Waals surface area contributed by atoms with Gasteiger partial charge in [0.05, 0.1) is 17.8 Å². The molecule has 3 N–H and O–H groups in total. The number of benzene rings is 1. The highest BCUT2D eigenvalue weighted by Crippen LogP contribution is 2.26. The van der Waals surface area contributed by atoms with Crippen LogP contribution in [0.5, 0.6) is 0 Å². The van der Waals surface area contributed by atoms with E-state index in [0.29, 0.717) is 6.42 Å². The van der Waals surface area contributed by atoms with Crippen LogP contribution in [0.3, 0.4) is 0 Å². The highest BCUT2D eigenvalue weighted by atomic mass is 31.2. The Labute approximate surface area is 163 Å². The molecule has 0 atom stereocenters. The van der Waals surface area contributed by atoms with Crippen molar-refractivity contribution in [2.75, 3.05) is 14.1 Å². The van der Waals surface area contributed by atoms with E-state index in [1.807, 2.05) is 29.7 Å². The minimum absolute atomic E-state index is 0.0710. The van der Waals surface area contributed by atoms with Gasteiger partial charge >= 0.3 is 7.82 Å². The Balaban J connectivity index is 0.000000500. The van der Waals surface area contributed by atoms with Crippen LogP contribution in [0.2, 0.25) is 0 Å². The number of phosphoric acid groups is 1. The third-order valence-electron chi connectivity index (χ3n) is 4.01. The summed E-state index contributed by atoms with van der Waals surface area (Å²) in [6.07, 6.45) is 2.37. The van der Waals surface area contributed by atoms with Gasteiger partial charge in [0.15, 0.2) is 0 Å². The molecule has 150 valence electrons. The lowest BCUT2D eigenvalue weighted by Crippen LogP contribution is -2.24. The van der Waals surface area contributed by atoms with Gasteiger partial charge in [-0.3, -0.25) is 4.79 Å². The van der Waals surface area contributed by atoms with Crippen molar-refractivity contribution in [3.63, 3.8) is 0 Å². The average molecular weight is 405 g/mol. The molecule has 3 aromatic rings. The summed E-state index contributed by atoms with van der Waals surface area (Å²) in [5.41, 5.74) is 6.08. The second-order valence-electron chi connectivity index (χ2n) is 6.69. The van der Waals surface area contributed by atoms with Gasteiger partial charge in [-0.05, 0) is 25.5 Å². The van der Waals surface area contributed by atoms with Gasteiger partial charge < -0.3 is 24.0 Å². The summed E-state index contributed by atoms with van der Waals surface area (Å²) >= 11 is 0. The smallest absolute Gasteiger partial charge is 0.348 e. The summed E-state index contributed by atoms with van der Waals surface area (Å²) in [6.45, 7) is 4.11.